The lowest BCUT2D eigenvalue weighted by molar-refractivity contribution is 0.644. The Labute approximate surface area is 87.6 Å². The lowest BCUT2D eigenvalue weighted by Crippen LogP contribution is -2.40. The van der Waals surface area contributed by atoms with E-state index in [1.165, 1.54) is 5.56 Å². The molecule has 1 aromatic rings. The predicted molar refractivity (Wildman–Crippen MR) is 59.1 cm³/mol. The van der Waals surface area contributed by atoms with Crippen molar-refractivity contribution in [3.63, 3.8) is 0 Å². The van der Waals surface area contributed by atoms with E-state index in [2.05, 4.69) is 21.9 Å². The highest BCUT2D eigenvalue weighted by Crippen LogP contribution is 2.15. The highest BCUT2D eigenvalue weighted by molar-refractivity contribution is 7.80. The van der Waals surface area contributed by atoms with Crippen LogP contribution in [-0.4, -0.2) is 11.5 Å². The van der Waals surface area contributed by atoms with Crippen LogP contribution in [0, 0.1) is 6.92 Å². The summed E-state index contributed by atoms with van der Waals surface area (Å²) in [6, 6.07) is 8.12. The van der Waals surface area contributed by atoms with Gasteiger partial charge in [-0.25, -0.2) is 0 Å². The summed E-state index contributed by atoms with van der Waals surface area (Å²) in [4.78, 5) is 0.588. The smallest absolute Gasteiger partial charge is 0.149 e. The van der Waals surface area contributed by atoms with Crippen molar-refractivity contribution in [1.29, 1.82) is 0 Å². The van der Waals surface area contributed by atoms with Gasteiger partial charge in [-0.05, 0) is 24.6 Å². The van der Waals surface area contributed by atoms with Gasteiger partial charge in [0, 0.05) is 0 Å². The van der Waals surface area contributed by atoms with Crippen LogP contribution in [0.3, 0.4) is 0 Å². The van der Waals surface area contributed by atoms with Gasteiger partial charge in [-0.2, -0.15) is 5.53 Å². The van der Waals surface area contributed by atoms with E-state index in [9.17, 15) is 0 Å². The fraction of sp³-hybridized carbons (Fsp3) is 0.222. The van der Waals surface area contributed by atoms with E-state index in [1.807, 2.05) is 30.1 Å². The Morgan fingerprint density at radius 1 is 1.50 bits per heavy atom. The second kappa shape index (κ2) is 3.71. The van der Waals surface area contributed by atoms with E-state index in [1.54, 1.807) is 0 Å². The van der Waals surface area contributed by atoms with Gasteiger partial charge >= 0.3 is 0 Å². The van der Waals surface area contributed by atoms with Gasteiger partial charge in [0.05, 0.1) is 12.2 Å². The van der Waals surface area contributed by atoms with Gasteiger partial charge in [0.1, 0.15) is 4.99 Å². The van der Waals surface area contributed by atoms with E-state index in [0.29, 0.717) is 11.5 Å². The second-order valence-electron chi connectivity index (χ2n) is 3.12. The predicted octanol–water partition coefficient (Wildman–Crippen LogP) is 2.01. The molecule has 0 saturated heterocycles. The molecule has 0 spiro atoms. The van der Waals surface area contributed by atoms with Crippen molar-refractivity contribution in [2.75, 3.05) is 11.6 Å². The Kier molecular flexibility index (Phi) is 2.41. The largest absolute Gasteiger partial charge is 0.264 e. The van der Waals surface area contributed by atoms with Crippen molar-refractivity contribution in [3.8, 4) is 0 Å². The van der Waals surface area contributed by atoms with Crippen molar-refractivity contribution in [1.82, 2.24) is 5.53 Å². The lowest BCUT2D eigenvalue weighted by Gasteiger charge is -2.24. The molecule has 5 heteroatoms. The van der Waals surface area contributed by atoms with Crippen LogP contribution in [0.5, 0.6) is 0 Å². The maximum absolute atomic E-state index is 4.97. The molecule has 0 bridgehead atoms. The zero-order chi connectivity index (χ0) is 9.97. The number of hydrogen-bond acceptors (Lipinski definition) is 4. The summed E-state index contributed by atoms with van der Waals surface area (Å²) in [6.45, 7) is 2.63. The van der Waals surface area contributed by atoms with Crippen molar-refractivity contribution >= 4 is 22.9 Å². The second-order valence-corrected chi connectivity index (χ2v) is 3.59. The number of nitrogens with one attached hydrogen (secondary N) is 1. The summed E-state index contributed by atoms with van der Waals surface area (Å²) in [5.74, 6) is 0. The minimum Gasteiger partial charge on any atom is -0.264 e. The molecule has 14 heavy (non-hydrogen) atoms. The van der Waals surface area contributed by atoms with Gasteiger partial charge in [-0.3, -0.25) is 5.01 Å². The molecule has 1 aromatic carbocycles. The summed E-state index contributed by atoms with van der Waals surface area (Å²) < 4.78 is 0. The number of anilines is 1. The maximum Gasteiger partial charge on any atom is 0.149 e. The third kappa shape index (κ3) is 1.88. The minimum atomic E-state index is 0.586. The topological polar surface area (TPSA) is 40.0 Å². The summed E-state index contributed by atoms with van der Waals surface area (Å²) in [5.41, 5.74) is 5.05. The molecule has 0 fully saturated rings. The van der Waals surface area contributed by atoms with Crippen molar-refractivity contribution in [3.05, 3.63) is 29.8 Å². The van der Waals surface area contributed by atoms with Crippen LogP contribution in [0.4, 0.5) is 5.69 Å². The van der Waals surface area contributed by atoms with E-state index >= 15 is 0 Å². The number of hydrazine groups is 1. The molecule has 4 nitrogen and oxygen atoms in total. The van der Waals surface area contributed by atoms with Gasteiger partial charge in [-0.15, -0.1) is 5.11 Å². The zero-order valence-electron chi connectivity index (χ0n) is 7.77. The number of rotatable bonds is 1. The fourth-order valence-electron chi connectivity index (χ4n) is 1.28. The number of thiocarbonyl (C=S) groups is 1. The third-order valence-corrected chi connectivity index (χ3v) is 2.14. The highest BCUT2D eigenvalue weighted by Gasteiger charge is 2.11. The van der Waals surface area contributed by atoms with Crippen molar-refractivity contribution in [2.45, 2.75) is 6.92 Å². The molecule has 0 aromatic heterocycles. The molecule has 1 heterocycles. The van der Waals surface area contributed by atoms with Gasteiger partial charge in [0.2, 0.25) is 0 Å². The number of hydrogen-bond donors (Lipinski definition) is 1. The molecule has 0 atom stereocenters. The van der Waals surface area contributed by atoms with E-state index in [0.717, 1.165) is 5.69 Å². The van der Waals surface area contributed by atoms with Gasteiger partial charge in [0.25, 0.3) is 0 Å². The van der Waals surface area contributed by atoms with Crippen LogP contribution in [0.1, 0.15) is 5.56 Å². The molecule has 72 valence electrons. The quantitative estimate of drug-likeness (QED) is 0.714. The Hall–Kier alpha value is -1.49. The van der Waals surface area contributed by atoms with Crippen LogP contribution < -0.4 is 10.5 Å². The van der Waals surface area contributed by atoms with Crippen LogP contribution in [0.25, 0.3) is 0 Å². The molecule has 0 radical (unpaired) electrons. The SMILES string of the molecule is Cc1cccc(N2CC(=S)N=NN2)c1. The number of aryl methyl sites for hydroxylation is 1. The first-order chi connectivity index (χ1) is 6.75. The fourth-order valence-corrected chi connectivity index (χ4v) is 1.45. The van der Waals surface area contributed by atoms with Crippen LogP contribution in [0.15, 0.2) is 34.6 Å². The lowest BCUT2D eigenvalue weighted by atomic mass is 10.2. The summed E-state index contributed by atoms with van der Waals surface area (Å²) in [6.07, 6.45) is 0. The van der Waals surface area contributed by atoms with Gasteiger partial charge in [-0.1, -0.05) is 29.6 Å². The van der Waals surface area contributed by atoms with Crippen LogP contribution in [-0.2, 0) is 0 Å². The molecule has 0 aliphatic carbocycles. The molecule has 1 aliphatic rings. The first-order valence-electron chi connectivity index (χ1n) is 4.29. The standard InChI is InChI=1S/C9H10N4S/c1-7-3-2-4-8(5-7)13-6-9(14)10-11-12-13/h2-5H,6H2,1H3,(H,10,12,14). The van der Waals surface area contributed by atoms with Crippen molar-refractivity contribution in [2.24, 2.45) is 10.3 Å². The average molecular weight is 206 g/mol. The minimum absolute atomic E-state index is 0.586. The molecular formula is C9H10N4S. The summed E-state index contributed by atoms with van der Waals surface area (Å²) >= 11 is 4.97. The maximum atomic E-state index is 4.97. The normalized spacial score (nSPS) is 15.5. The van der Waals surface area contributed by atoms with E-state index in [4.69, 9.17) is 12.2 Å². The molecule has 0 unspecified atom stereocenters. The Bertz CT molecular complexity index is 388. The summed E-state index contributed by atoms with van der Waals surface area (Å²) in [7, 11) is 0. The molecule has 1 aliphatic heterocycles. The average Bonchev–Trinajstić information content (AvgIpc) is 2.18. The highest BCUT2D eigenvalue weighted by atomic mass is 32.1. The van der Waals surface area contributed by atoms with Gasteiger partial charge < -0.3 is 0 Å². The molecular weight excluding hydrogens is 196 g/mol. The Morgan fingerprint density at radius 3 is 3.07 bits per heavy atom. The Morgan fingerprint density at radius 2 is 2.36 bits per heavy atom. The first-order valence-corrected chi connectivity index (χ1v) is 4.70. The monoisotopic (exact) mass is 206 g/mol. The number of benzene rings is 1. The Balaban J connectivity index is 2.23. The van der Waals surface area contributed by atoms with Crippen LogP contribution in [0.2, 0.25) is 0 Å². The van der Waals surface area contributed by atoms with E-state index < -0.39 is 0 Å². The molecule has 1 N–H and O–H groups in total. The van der Waals surface area contributed by atoms with Crippen molar-refractivity contribution < 1.29 is 0 Å². The van der Waals surface area contributed by atoms with E-state index in [-0.39, 0.29) is 0 Å². The van der Waals surface area contributed by atoms with Gasteiger partial charge in [0.15, 0.2) is 0 Å². The first kappa shape index (κ1) is 9.08. The number of nitrogens with zero attached hydrogens (tertiary/aromatic N) is 3. The molecule has 2 rings (SSSR count). The molecule has 0 saturated carbocycles. The summed E-state index contributed by atoms with van der Waals surface area (Å²) in [5, 5.41) is 9.30. The third-order valence-electron chi connectivity index (χ3n) is 1.93. The molecule has 0 amide bonds. The zero-order valence-corrected chi connectivity index (χ0v) is 8.58. The van der Waals surface area contributed by atoms with Crippen LogP contribution >= 0.6 is 12.2 Å².